The van der Waals surface area contributed by atoms with Crippen molar-refractivity contribution >= 4 is 5.96 Å². The fraction of sp³-hybridized carbons (Fsp3) is 0.438. The van der Waals surface area contributed by atoms with Crippen LogP contribution in [0.2, 0.25) is 0 Å². The van der Waals surface area contributed by atoms with Gasteiger partial charge in [-0.05, 0) is 25.5 Å². The number of hydrogen-bond acceptors (Lipinski definition) is 4. The van der Waals surface area contributed by atoms with Crippen LogP contribution in [0.4, 0.5) is 0 Å². The quantitative estimate of drug-likeness (QED) is 0.437. The van der Waals surface area contributed by atoms with E-state index in [1.54, 1.807) is 6.33 Å². The van der Waals surface area contributed by atoms with Crippen LogP contribution < -0.4 is 15.4 Å². The second-order valence-electron chi connectivity index (χ2n) is 5.00. The average molecular weight is 316 g/mol. The zero-order chi connectivity index (χ0) is 16.3. The Labute approximate surface area is 136 Å². The van der Waals surface area contributed by atoms with Gasteiger partial charge < -0.3 is 19.9 Å². The molecule has 0 aliphatic rings. The van der Waals surface area contributed by atoms with Crippen molar-refractivity contribution in [1.29, 1.82) is 0 Å². The minimum absolute atomic E-state index is 0.492. The zero-order valence-electron chi connectivity index (χ0n) is 13.7. The van der Waals surface area contributed by atoms with Crippen molar-refractivity contribution in [1.82, 2.24) is 25.4 Å². The maximum atomic E-state index is 5.66. The van der Waals surface area contributed by atoms with E-state index in [0.717, 1.165) is 37.0 Å². The molecule has 0 saturated carbocycles. The molecule has 0 unspecified atom stereocenters. The van der Waals surface area contributed by atoms with Gasteiger partial charge in [0.05, 0.1) is 6.61 Å². The number of aliphatic imine (C=N–C) groups is 1. The SMILES string of the molecule is CCNC(=NCc1nncn1C)NCCCOc1ccccc1. The van der Waals surface area contributed by atoms with E-state index in [-0.39, 0.29) is 0 Å². The van der Waals surface area contributed by atoms with Crippen molar-refractivity contribution in [3.8, 4) is 5.75 Å². The lowest BCUT2D eigenvalue weighted by Gasteiger charge is -2.11. The highest BCUT2D eigenvalue weighted by atomic mass is 16.5. The number of hydrogen-bond donors (Lipinski definition) is 2. The lowest BCUT2D eigenvalue weighted by atomic mass is 10.3. The molecule has 2 aromatic rings. The molecule has 0 aliphatic carbocycles. The van der Waals surface area contributed by atoms with Gasteiger partial charge in [-0.1, -0.05) is 18.2 Å². The molecule has 2 N–H and O–H groups in total. The number of benzene rings is 1. The van der Waals surface area contributed by atoms with Gasteiger partial charge >= 0.3 is 0 Å². The Kier molecular flexibility index (Phi) is 6.90. The minimum Gasteiger partial charge on any atom is -0.494 e. The lowest BCUT2D eigenvalue weighted by molar-refractivity contribution is 0.311. The summed E-state index contributed by atoms with van der Waals surface area (Å²) >= 11 is 0. The van der Waals surface area contributed by atoms with Gasteiger partial charge in [0.25, 0.3) is 0 Å². The van der Waals surface area contributed by atoms with Crippen molar-refractivity contribution in [3.63, 3.8) is 0 Å². The van der Waals surface area contributed by atoms with Gasteiger partial charge in [-0.25, -0.2) is 4.99 Å². The first-order valence-electron chi connectivity index (χ1n) is 7.82. The summed E-state index contributed by atoms with van der Waals surface area (Å²) in [7, 11) is 1.91. The third kappa shape index (κ3) is 5.98. The van der Waals surface area contributed by atoms with Crippen LogP contribution in [0.15, 0.2) is 41.7 Å². The Morgan fingerprint density at radius 1 is 1.26 bits per heavy atom. The van der Waals surface area contributed by atoms with E-state index >= 15 is 0 Å². The molecule has 7 heteroatoms. The molecule has 23 heavy (non-hydrogen) atoms. The normalized spacial score (nSPS) is 11.3. The monoisotopic (exact) mass is 316 g/mol. The number of aryl methyl sites for hydroxylation is 1. The van der Waals surface area contributed by atoms with E-state index < -0.39 is 0 Å². The molecule has 1 aromatic heterocycles. The molecule has 0 amide bonds. The van der Waals surface area contributed by atoms with E-state index in [0.29, 0.717) is 13.2 Å². The van der Waals surface area contributed by atoms with E-state index in [1.165, 1.54) is 0 Å². The molecule has 7 nitrogen and oxygen atoms in total. The predicted molar refractivity (Wildman–Crippen MR) is 90.4 cm³/mol. The Balaban J connectivity index is 1.70. The molecular weight excluding hydrogens is 292 g/mol. The van der Waals surface area contributed by atoms with Gasteiger partial charge in [-0.15, -0.1) is 10.2 Å². The van der Waals surface area contributed by atoms with E-state index in [2.05, 4.69) is 25.8 Å². The number of nitrogens with one attached hydrogen (secondary N) is 2. The van der Waals surface area contributed by atoms with Gasteiger partial charge in [0.2, 0.25) is 0 Å². The third-order valence-electron chi connectivity index (χ3n) is 3.15. The molecule has 1 heterocycles. The van der Waals surface area contributed by atoms with Crippen LogP contribution in [-0.4, -0.2) is 40.4 Å². The Morgan fingerprint density at radius 2 is 2.09 bits per heavy atom. The maximum absolute atomic E-state index is 5.66. The molecule has 0 atom stereocenters. The molecule has 0 aliphatic heterocycles. The van der Waals surface area contributed by atoms with Crippen molar-refractivity contribution in [2.24, 2.45) is 12.0 Å². The number of nitrogens with zero attached hydrogens (tertiary/aromatic N) is 4. The fourth-order valence-electron chi connectivity index (χ4n) is 1.93. The summed E-state index contributed by atoms with van der Waals surface area (Å²) in [6.07, 6.45) is 2.56. The van der Waals surface area contributed by atoms with Crippen LogP contribution in [-0.2, 0) is 13.6 Å². The van der Waals surface area contributed by atoms with Gasteiger partial charge in [0.1, 0.15) is 18.6 Å². The number of para-hydroxylation sites is 1. The standard InChI is InChI=1S/C16H24N6O/c1-3-17-16(19-12-15-21-20-13-22(15)2)18-10-7-11-23-14-8-5-4-6-9-14/h4-6,8-9,13H,3,7,10-12H2,1-2H3,(H2,17,18,19). The van der Waals surface area contributed by atoms with E-state index in [4.69, 9.17) is 4.74 Å². The summed E-state index contributed by atoms with van der Waals surface area (Å²) < 4.78 is 7.52. The Morgan fingerprint density at radius 3 is 2.78 bits per heavy atom. The first-order valence-corrected chi connectivity index (χ1v) is 7.82. The minimum atomic E-state index is 0.492. The van der Waals surface area contributed by atoms with Crippen LogP contribution >= 0.6 is 0 Å². The van der Waals surface area contributed by atoms with Crippen molar-refractivity contribution in [2.75, 3.05) is 19.7 Å². The fourth-order valence-corrected chi connectivity index (χ4v) is 1.93. The topological polar surface area (TPSA) is 76.4 Å². The molecule has 0 saturated heterocycles. The van der Waals surface area contributed by atoms with Crippen LogP contribution in [0.5, 0.6) is 5.75 Å². The van der Waals surface area contributed by atoms with Crippen molar-refractivity contribution < 1.29 is 4.74 Å². The number of rotatable bonds is 8. The van der Waals surface area contributed by atoms with Gasteiger partial charge in [-0.3, -0.25) is 0 Å². The number of aromatic nitrogens is 3. The van der Waals surface area contributed by atoms with Gasteiger partial charge in [-0.2, -0.15) is 0 Å². The molecule has 0 bridgehead atoms. The Hall–Kier alpha value is -2.57. The largest absolute Gasteiger partial charge is 0.494 e. The highest BCUT2D eigenvalue weighted by Gasteiger charge is 2.01. The first-order chi connectivity index (χ1) is 11.3. The smallest absolute Gasteiger partial charge is 0.191 e. The van der Waals surface area contributed by atoms with Gasteiger partial charge in [0.15, 0.2) is 11.8 Å². The summed E-state index contributed by atoms with van der Waals surface area (Å²) in [5, 5.41) is 14.4. The van der Waals surface area contributed by atoms with Crippen molar-refractivity contribution in [2.45, 2.75) is 19.9 Å². The average Bonchev–Trinajstić information content (AvgIpc) is 2.98. The predicted octanol–water partition coefficient (Wildman–Crippen LogP) is 1.34. The molecule has 0 fully saturated rings. The molecule has 124 valence electrons. The molecular formula is C16H24N6O. The highest BCUT2D eigenvalue weighted by Crippen LogP contribution is 2.07. The first kappa shape index (κ1) is 16.8. The summed E-state index contributed by atoms with van der Waals surface area (Å²) in [6, 6.07) is 9.83. The van der Waals surface area contributed by atoms with Crippen LogP contribution in [0.3, 0.4) is 0 Å². The van der Waals surface area contributed by atoms with Crippen LogP contribution in [0.1, 0.15) is 19.2 Å². The van der Waals surface area contributed by atoms with E-state index in [9.17, 15) is 0 Å². The molecule has 2 rings (SSSR count). The molecule has 0 radical (unpaired) electrons. The summed E-state index contributed by atoms with van der Waals surface area (Å²) in [6.45, 7) is 4.80. The Bertz CT molecular complexity index is 596. The third-order valence-corrected chi connectivity index (χ3v) is 3.15. The second kappa shape index (κ2) is 9.45. The molecule has 0 spiro atoms. The van der Waals surface area contributed by atoms with Crippen LogP contribution in [0.25, 0.3) is 0 Å². The van der Waals surface area contributed by atoms with Crippen molar-refractivity contribution in [3.05, 3.63) is 42.5 Å². The summed E-state index contributed by atoms with van der Waals surface area (Å²) in [4.78, 5) is 4.50. The van der Waals surface area contributed by atoms with Gasteiger partial charge in [0, 0.05) is 20.1 Å². The van der Waals surface area contributed by atoms with Crippen LogP contribution in [0, 0.1) is 0 Å². The highest BCUT2D eigenvalue weighted by molar-refractivity contribution is 5.79. The summed E-state index contributed by atoms with van der Waals surface area (Å²) in [5.74, 6) is 2.50. The second-order valence-corrected chi connectivity index (χ2v) is 5.00. The maximum Gasteiger partial charge on any atom is 0.191 e. The lowest BCUT2D eigenvalue weighted by Crippen LogP contribution is -2.38. The molecule has 1 aromatic carbocycles. The number of ether oxygens (including phenoxy) is 1. The summed E-state index contributed by atoms with van der Waals surface area (Å²) in [5.41, 5.74) is 0. The van der Waals surface area contributed by atoms with E-state index in [1.807, 2.05) is 48.9 Å². The number of guanidine groups is 1. The zero-order valence-corrected chi connectivity index (χ0v) is 13.7.